The minimum absolute atomic E-state index is 0.178. The van der Waals surface area contributed by atoms with Gasteiger partial charge in [-0.3, -0.25) is 0 Å². The Kier molecular flexibility index (Phi) is 3.63. The minimum Gasteiger partial charge on any atom is -0.494 e. The van der Waals surface area contributed by atoms with Gasteiger partial charge in [-0.05, 0) is 31.0 Å². The molecule has 1 aromatic rings. The van der Waals surface area contributed by atoms with Gasteiger partial charge in [0.15, 0.2) is 11.6 Å². The van der Waals surface area contributed by atoms with Gasteiger partial charge in [-0.1, -0.05) is 6.07 Å². The predicted molar refractivity (Wildman–Crippen MR) is 55.2 cm³/mol. The number of hydrogen-bond acceptors (Lipinski definition) is 2. The molecule has 0 amide bonds. The van der Waals surface area contributed by atoms with Crippen LogP contribution in [-0.2, 0) is 6.42 Å². The van der Waals surface area contributed by atoms with Crippen LogP contribution in [0.5, 0.6) is 5.75 Å². The van der Waals surface area contributed by atoms with Gasteiger partial charge in [0.2, 0.25) is 0 Å². The van der Waals surface area contributed by atoms with E-state index in [0.717, 1.165) is 0 Å². The molecule has 0 saturated heterocycles. The predicted octanol–water partition coefficient (Wildman–Crippen LogP) is 2.06. The number of alkyl halides is 1. The summed E-state index contributed by atoms with van der Waals surface area (Å²) in [5.74, 6) is -0.276. The summed E-state index contributed by atoms with van der Waals surface area (Å²) in [4.78, 5) is 0. The van der Waals surface area contributed by atoms with E-state index in [4.69, 9.17) is 10.5 Å². The van der Waals surface area contributed by atoms with Crippen LogP contribution in [0.1, 0.15) is 12.5 Å². The number of ether oxygens (including phenoxy) is 1. The molecule has 0 fully saturated rings. The Hall–Kier alpha value is -1.16. The number of methoxy groups -OCH3 is 1. The van der Waals surface area contributed by atoms with Crippen molar-refractivity contribution in [1.29, 1.82) is 0 Å². The normalized spacial score (nSPS) is 14.7. The number of nitrogens with two attached hydrogens (primary N) is 1. The van der Waals surface area contributed by atoms with Crippen molar-refractivity contribution in [2.45, 2.75) is 18.9 Å². The third-order valence-corrected chi connectivity index (χ3v) is 2.13. The van der Waals surface area contributed by atoms with Gasteiger partial charge in [0.25, 0.3) is 0 Å². The van der Waals surface area contributed by atoms with Gasteiger partial charge in [0.05, 0.1) is 7.11 Å². The van der Waals surface area contributed by atoms with E-state index in [-0.39, 0.29) is 5.75 Å². The highest BCUT2D eigenvalue weighted by molar-refractivity contribution is 5.30. The number of benzene rings is 1. The molecule has 0 heterocycles. The molecular weight excluding hydrogens is 200 g/mol. The van der Waals surface area contributed by atoms with E-state index in [1.54, 1.807) is 13.0 Å². The van der Waals surface area contributed by atoms with Crippen LogP contribution in [0.4, 0.5) is 8.78 Å². The highest BCUT2D eigenvalue weighted by Gasteiger charge is 2.19. The van der Waals surface area contributed by atoms with Gasteiger partial charge in [-0.2, -0.15) is 0 Å². The SMILES string of the molecule is COc1ccc(CC(C)(N)CF)cc1F. The molecule has 1 unspecified atom stereocenters. The second kappa shape index (κ2) is 4.57. The van der Waals surface area contributed by atoms with Crippen molar-refractivity contribution < 1.29 is 13.5 Å². The highest BCUT2D eigenvalue weighted by atomic mass is 19.1. The van der Waals surface area contributed by atoms with Gasteiger partial charge in [-0.15, -0.1) is 0 Å². The molecule has 0 aliphatic rings. The summed E-state index contributed by atoms with van der Waals surface area (Å²) in [5.41, 5.74) is 5.36. The fourth-order valence-corrected chi connectivity index (χ4v) is 1.33. The average Bonchev–Trinajstić information content (AvgIpc) is 2.17. The Bertz CT molecular complexity index is 339. The largest absolute Gasteiger partial charge is 0.494 e. The molecule has 2 N–H and O–H groups in total. The Morgan fingerprint density at radius 3 is 2.60 bits per heavy atom. The van der Waals surface area contributed by atoms with Crippen LogP contribution in [0.2, 0.25) is 0 Å². The third kappa shape index (κ3) is 3.16. The molecule has 1 aromatic carbocycles. The lowest BCUT2D eigenvalue weighted by atomic mass is 9.95. The summed E-state index contributed by atoms with van der Waals surface area (Å²) in [7, 11) is 1.40. The van der Waals surface area contributed by atoms with Gasteiger partial charge in [0, 0.05) is 5.54 Å². The molecule has 1 rings (SSSR count). The molecule has 1 atom stereocenters. The fourth-order valence-electron chi connectivity index (χ4n) is 1.33. The molecule has 84 valence electrons. The zero-order chi connectivity index (χ0) is 11.5. The van der Waals surface area contributed by atoms with Crippen LogP contribution in [0.15, 0.2) is 18.2 Å². The van der Waals surface area contributed by atoms with Crippen molar-refractivity contribution in [1.82, 2.24) is 0 Å². The monoisotopic (exact) mass is 215 g/mol. The number of halogens is 2. The first-order valence-corrected chi connectivity index (χ1v) is 4.66. The van der Waals surface area contributed by atoms with E-state index in [0.29, 0.717) is 12.0 Å². The van der Waals surface area contributed by atoms with E-state index in [1.807, 2.05) is 0 Å². The Balaban J connectivity index is 2.84. The average molecular weight is 215 g/mol. The van der Waals surface area contributed by atoms with Crippen LogP contribution < -0.4 is 10.5 Å². The van der Waals surface area contributed by atoms with Crippen molar-refractivity contribution >= 4 is 0 Å². The molecular formula is C11H15F2NO. The Labute approximate surface area is 88.0 Å². The maximum Gasteiger partial charge on any atom is 0.165 e. The zero-order valence-corrected chi connectivity index (χ0v) is 8.89. The number of hydrogen-bond donors (Lipinski definition) is 1. The van der Waals surface area contributed by atoms with E-state index < -0.39 is 18.0 Å². The van der Waals surface area contributed by atoms with Crippen LogP contribution in [0.3, 0.4) is 0 Å². The Morgan fingerprint density at radius 2 is 2.13 bits per heavy atom. The van der Waals surface area contributed by atoms with Crippen LogP contribution in [-0.4, -0.2) is 19.3 Å². The van der Waals surface area contributed by atoms with Crippen molar-refractivity contribution in [2.75, 3.05) is 13.8 Å². The summed E-state index contributed by atoms with van der Waals surface area (Å²) in [6, 6.07) is 4.52. The molecule has 0 aromatic heterocycles. The molecule has 4 heteroatoms. The first-order chi connectivity index (χ1) is 6.98. The molecule has 0 saturated carbocycles. The summed E-state index contributed by atoms with van der Waals surface area (Å²) in [6.45, 7) is 0.954. The molecule has 0 spiro atoms. The number of rotatable bonds is 4. The molecule has 0 aliphatic carbocycles. The van der Waals surface area contributed by atoms with Crippen molar-refractivity contribution in [3.8, 4) is 5.75 Å². The van der Waals surface area contributed by atoms with E-state index >= 15 is 0 Å². The standard InChI is InChI=1S/C11H15F2NO/c1-11(14,7-12)6-8-3-4-10(15-2)9(13)5-8/h3-5H,6-7,14H2,1-2H3. The van der Waals surface area contributed by atoms with Crippen molar-refractivity contribution in [2.24, 2.45) is 5.73 Å². The van der Waals surface area contributed by atoms with Gasteiger partial charge < -0.3 is 10.5 Å². The second-order valence-corrected chi connectivity index (χ2v) is 3.93. The summed E-state index contributed by atoms with van der Waals surface area (Å²) >= 11 is 0. The first kappa shape index (κ1) is 11.9. The van der Waals surface area contributed by atoms with Gasteiger partial charge >= 0.3 is 0 Å². The van der Waals surface area contributed by atoms with Gasteiger partial charge in [-0.25, -0.2) is 8.78 Å². The smallest absolute Gasteiger partial charge is 0.165 e. The lowest BCUT2D eigenvalue weighted by molar-refractivity contribution is 0.326. The first-order valence-electron chi connectivity index (χ1n) is 4.66. The summed E-state index contributed by atoms with van der Waals surface area (Å²) in [6.07, 6.45) is 0.296. The van der Waals surface area contributed by atoms with Crippen LogP contribution in [0.25, 0.3) is 0 Å². The topological polar surface area (TPSA) is 35.2 Å². The Morgan fingerprint density at radius 1 is 1.47 bits per heavy atom. The zero-order valence-electron chi connectivity index (χ0n) is 8.89. The second-order valence-electron chi connectivity index (χ2n) is 3.93. The maximum atomic E-state index is 13.3. The quantitative estimate of drug-likeness (QED) is 0.834. The van der Waals surface area contributed by atoms with E-state index in [9.17, 15) is 8.78 Å². The molecule has 15 heavy (non-hydrogen) atoms. The lowest BCUT2D eigenvalue weighted by Gasteiger charge is -2.20. The lowest BCUT2D eigenvalue weighted by Crippen LogP contribution is -2.40. The van der Waals surface area contributed by atoms with Crippen LogP contribution in [0, 0.1) is 5.82 Å². The third-order valence-electron chi connectivity index (χ3n) is 2.13. The van der Waals surface area contributed by atoms with Gasteiger partial charge in [0.1, 0.15) is 6.67 Å². The maximum absolute atomic E-state index is 13.3. The van der Waals surface area contributed by atoms with Crippen molar-refractivity contribution in [3.63, 3.8) is 0 Å². The fraction of sp³-hybridized carbons (Fsp3) is 0.455. The highest BCUT2D eigenvalue weighted by Crippen LogP contribution is 2.20. The van der Waals surface area contributed by atoms with Crippen molar-refractivity contribution in [3.05, 3.63) is 29.6 Å². The summed E-state index contributed by atoms with van der Waals surface area (Å²) < 4.78 is 30.5. The molecule has 0 aliphatic heterocycles. The summed E-state index contributed by atoms with van der Waals surface area (Å²) in [5, 5.41) is 0. The van der Waals surface area contributed by atoms with E-state index in [2.05, 4.69) is 0 Å². The minimum atomic E-state index is -0.943. The van der Waals surface area contributed by atoms with E-state index in [1.165, 1.54) is 19.2 Å². The van der Waals surface area contributed by atoms with Crippen LogP contribution >= 0.6 is 0 Å². The molecule has 0 bridgehead atoms. The molecule has 0 radical (unpaired) electrons. The molecule has 2 nitrogen and oxygen atoms in total.